The number of fused-ring (bicyclic) bond motifs is 1. The van der Waals surface area contributed by atoms with Gasteiger partial charge in [-0.05, 0) is 37.5 Å². The van der Waals surface area contributed by atoms with Crippen LogP contribution in [-0.4, -0.2) is 47.0 Å². The van der Waals surface area contributed by atoms with E-state index < -0.39 is 0 Å². The molecule has 0 aliphatic carbocycles. The molecule has 1 aliphatic heterocycles. The zero-order valence-electron chi connectivity index (χ0n) is 17.7. The van der Waals surface area contributed by atoms with E-state index in [4.69, 9.17) is 21.1 Å². The number of hydrogen-bond donors (Lipinski definition) is 2. The molecular formula is C22H26ClN5O3. The molecule has 0 radical (unpaired) electrons. The van der Waals surface area contributed by atoms with E-state index in [0.29, 0.717) is 41.7 Å². The molecule has 164 valence electrons. The number of amides is 1. The van der Waals surface area contributed by atoms with Gasteiger partial charge in [-0.15, -0.1) is 0 Å². The molecule has 1 fully saturated rings. The van der Waals surface area contributed by atoms with Gasteiger partial charge in [0, 0.05) is 32.4 Å². The van der Waals surface area contributed by atoms with Crippen LogP contribution in [-0.2, 0) is 17.8 Å². The third-order valence-corrected chi connectivity index (χ3v) is 5.71. The number of ether oxygens (including phenoxy) is 2. The number of pyridine rings is 1. The van der Waals surface area contributed by atoms with E-state index in [1.165, 1.54) is 0 Å². The Morgan fingerprint density at radius 3 is 2.97 bits per heavy atom. The highest BCUT2D eigenvalue weighted by molar-refractivity contribution is 6.32. The van der Waals surface area contributed by atoms with Crippen LogP contribution in [0.5, 0.6) is 5.75 Å². The van der Waals surface area contributed by atoms with Gasteiger partial charge in [0.15, 0.2) is 5.65 Å². The van der Waals surface area contributed by atoms with Crippen LogP contribution in [0.2, 0.25) is 5.02 Å². The van der Waals surface area contributed by atoms with Crippen molar-refractivity contribution in [3.63, 3.8) is 0 Å². The van der Waals surface area contributed by atoms with Gasteiger partial charge >= 0.3 is 0 Å². The molecule has 2 aromatic heterocycles. The number of rotatable bonds is 8. The highest BCUT2D eigenvalue weighted by Crippen LogP contribution is 2.29. The van der Waals surface area contributed by atoms with Crippen molar-refractivity contribution in [1.82, 2.24) is 20.1 Å². The Kier molecular flexibility index (Phi) is 6.58. The van der Waals surface area contributed by atoms with Crippen molar-refractivity contribution in [3.8, 4) is 5.75 Å². The van der Waals surface area contributed by atoms with Crippen LogP contribution in [0.15, 0.2) is 30.6 Å². The molecule has 0 saturated carbocycles. The van der Waals surface area contributed by atoms with Crippen molar-refractivity contribution in [3.05, 3.63) is 46.7 Å². The molecule has 0 spiro atoms. The number of carbonyl (C=O) groups is 1. The number of benzene rings is 1. The zero-order chi connectivity index (χ0) is 21.8. The quantitative estimate of drug-likeness (QED) is 0.552. The maximum atomic E-state index is 13.0. The molecule has 0 bridgehead atoms. The van der Waals surface area contributed by atoms with Crippen LogP contribution in [0.3, 0.4) is 0 Å². The average Bonchev–Trinajstić information content (AvgIpc) is 3.45. The van der Waals surface area contributed by atoms with Crippen LogP contribution in [0.4, 0.5) is 5.69 Å². The lowest BCUT2D eigenvalue weighted by atomic mass is 10.1. The van der Waals surface area contributed by atoms with Gasteiger partial charge in [0.25, 0.3) is 5.91 Å². The number of carbonyl (C=O) groups excluding carboxylic acids is 1. The largest absolute Gasteiger partial charge is 0.495 e. The van der Waals surface area contributed by atoms with Gasteiger partial charge in [-0.25, -0.2) is 9.67 Å². The Hall–Kier alpha value is -2.84. The number of nitrogens with one attached hydrogen (secondary N) is 2. The molecule has 8 nitrogen and oxygen atoms in total. The molecule has 1 aliphatic rings. The topological polar surface area (TPSA) is 90.3 Å². The first-order valence-corrected chi connectivity index (χ1v) is 10.8. The third-order valence-electron chi connectivity index (χ3n) is 5.41. The Morgan fingerprint density at radius 2 is 2.26 bits per heavy atom. The highest BCUT2D eigenvalue weighted by Gasteiger charge is 2.21. The molecule has 4 rings (SSSR count). The number of nitrogens with zero attached hydrogens (tertiary/aromatic N) is 3. The first-order chi connectivity index (χ1) is 15.1. The summed E-state index contributed by atoms with van der Waals surface area (Å²) < 4.78 is 12.6. The lowest BCUT2D eigenvalue weighted by Gasteiger charge is -2.15. The molecule has 3 heterocycles. The predicted molar refractivity (Wildman–Crippen MR) is 120 cm³/mol. The number of methoxy groups -OCH3 is 1. The average molecular weight is 444 g/mol. The standard InChI is InChI=1S/C22H26ClN5O3/c1-3-28-21-16(13-27-28)20(24-10-14-6-7-19(30-2)18(23)9-14)17(12-25-21)22(29)26-11-15-5-4-8-31-15/h6-7,9,12-13,15H,3-5,8,10-11H2,1-2H3,(H,24,25)(H,26,29)/t15-/m1/s1. The molecule has 1 saturated heterocycles. The fraction of sp³-hybridized carbons (Fsp3) is 0.409. The van der Waals surface area contributed by atoms with E-state index in [2.05, 4.69) is 20.7 Å². The van der Waals surface area contributed by atoms with Crippen LogP contribution in [0, 0.1) is 0 Å². The summed E-state index contributed by atoms with van der Waals surface area (Å²) in [5.74, 6) is 0.430. The maximum Gasteiger partial charge on any atom is 0.255 e. The summed E-state index contributed by atoms with van der Waals surface area (Å²) in [6, 6.07) is 5.60. The van der Waals surface area contributed by atoms with E-state index in [1.54, 1.807) is 24.2 Å². The number of anilines is 1. The Labute approximate surface area is 185 Å². The predicted octanol–water partition coefficient (Wildman–Crippen LogP) is 3.63. The fourth-order valence-electron chi connectivity index (χ4n) is 3.74. The summed E-state index contributed by atoms with van der Waals surface area (Å²) in [5.41, 5.74) is 2.86. The van der Waals surface area contributed by atoms with E-state index in [9.17, 15) is 4.79 Å². The van der Waals surface area contributed by atoms with Crippen molar-refractivity contribution in [1.29, 1.82) is 0 Å². The van der Waals surface area contributed by atoms with Crippen molar-refractivity contribution >= 4 is 34.2 Å². The van der Waals surface area contributed by atoms with Crippen molar-refractivity contribution in [2.24, 2.45) is 0 Å². The third kappa shape index (κ3) is 4.60. The summed E-state index contributed by atoms with van der Waals surface area (Å²) in [4.78, 5) is 17.5. The molecule has 31 heavy (non-hydrogen) atoms. The van der Waals surface area contributed by atoms with Crippen molar-refractivity contribution < 1.29 is 14.3 Å². The van der Waals surface area contributed by atoms with Gasteiger partial charge in [0.2, 0.25) is 0 Å². The summed E-state index contributed by atoms with van der Waals surface area (Å²) in [7, 11) is 1.58. The van der Waals surface area contributed by atoms with Crippen LogP contribution >= 0.6 is 11.6 Å². The number of aryl methyl sites for hydroxylation is 1. The second-order valence-electron chi connectivity index (χ2n) is 7.41. The lowest BCUT2D eigenvalue weighted by Crippen LogP contribution is -2.32. The van der Waals surface area contributed by atoms with Gasteiger partial charge in [0.1, 0.15) is 5.75 Å². The van der Waals surface area contributed by atoms with Crippen molar-refractivity contribution in [2.75, 3.05) is 25.6 Å². The summed E-state index contributed by atoms with van der Waals surface area (Å²) in [6.45, 7) is 4.41. The normalized spacial score (nSPS) is 15.9. The Balaban J connectivity index is 1.60. The number of aromatic nitrogens is 3. The number of hydrogen-bond acceptors (Lipinski definition) is 6. The summed E-state index contributed by atoms with van der Waals surface area (Å²) in [5, 5.41) is 12.1. The van der Waals surface area contributed by atoms with E-state index in [-0.39, 0.29) is 12.0 Å². The Morgan fingerprint density at radius 1 is 1.39 bits per heavy atom. The Bertz CT molecular complexity index is 1080. The molecule has 2 N–H and O–H groups in total. The molecule has 9 heteroatoms. The minimum atomic E-state index is -0.190. The minimum absolute atomic E-state index is 0.0707. The molecule has 3 aromatic rings. The highest BCUT2D eigenvalue weighted by atomic mass is 35.5. The van der Waals surface area contributed by atoms with Gasteiger partial charge in [-0.2, -0.15) is 5.10 Å². The minimum Gasteiger partial charge on any atom is -0.495 e. The van der Waals surface area contributed by atoms with E-state index >= 15 is 0 Å². The lowest BCUT2D eigenvalue weighted by molar-refractivity contribution is 0.0858. The van der Waals surface area contributed by atoms with Gasteiger partial charge in [-0.1, -0.05) is 17.7 Å². The van der Waals surface area contributed by atoms with Crippen molar-refractivity contribution in [2.45, 2.75) is 39.0 Å². The van der Waals surface area contributed by atoms with E-state index in [1.807, 2.05) is 25.1 Å². The molecule has 1 amide bonds. The van der Waals surface area contributed by atoms with Gasteiger partial charge < -0.3 is 20.1 Å². The first kappa shape index (κ1) is 21.4. The van der Waals surface area contributed by atoms with E-state index in [0.717, 1.165) is 36.0 Å². The second-order valence-corrected chi connectivity index (χ2v) is 7.82. The first-order valence-electron chi connectivity index (χ1n) is 10.4. The maximum absolute atomic E-state index is 13.0. The molecule has 0 unspecified atom stereocenters. The van der Waals surface area contributed by atoms with Crippen LogP contribution in [0.1, 0.15) is 35.7 Å². The van der Waals surface area contributed by atoms with Gasteiger partial charge in [-0.3, -0.25) is 4.79 Å². The smallest absolute Gasteiger partial charge is 0.255 e. The zero-order valence-corrected chi connectivity index (χ0v) is 18.4. The van der Waals surface area contributed by atoms with Crippen LogP contribution in [0.25, 0.3) is 11.0 Å². The second kappa shape index (κ2) is 9.53. The van der Waals surface area contributed by atoms with Crippen LogP contribution < -0.4 is 15.4 Å². The monoisotopic (exact) mass is 443 g/mol. The number of halogens is 1. The summed E-state index contributed by atoms with van der Waals surface area (Å²) >= 11 is 6.26. The molecule has 1 aromatic carbocycles. The SMILES string of the molecule is CCn1ncc2c(NCc3ccc(OC)c(Cl)c3)c(C(=O)NC[C@H]3CCCO3)cnc21. The van der Waals surface area contributed by atoms with Gasteiger partial charge in [0.05, 0.1) is 41.1 Å². The summed E-state index contributed by atoms with van der Waals surface area (Å²) in [6.07, 6.45) is 5.41. The molecule has 1 atom stereocenters. The molecular weight excluding hydrogens is 418 g/mol. The fourth-order valence-corrected chi connectivity index (χ4v) is 4.02.